The van der Waals surface area contributed by atoms with Gasteiger partial charge < -0.3 is 20.9 Å². The minimum Gasteiger partial charge on any atom is -0.357 e. The monoisotopic (exact) mass is 481 g/mol. The SMILES string of the molecule is CCCCN1CCC(NC(=NCC(C)(C)C(=O)NCC)NCC)CC1.I. The molecule has 0 saturated carbocycles. The Labute approximate surface area is 177 Å². The van der Waals surface area contributed by atoms with Crippen LogP contribution in [0.3, 0.4) is 0 Å². The van der Waals surface area contributed by atoms with E-state index in [9.17, 15) is 4.79 Å². The summed E-state index contributed by atoms with van der Waals surface area (Å²) in [4.78, 5) is 19.4. The molecule has 1 saturated heterocycles. The van der Waals surface area contributed by atoms with Crippen LogP contribution in [0.2, 0.25) is 0 Å². The Hall–Kier alpha value is -0.570. The number of aliphatic imine (C=N–C) groups is 1. The Bertz CT molecular complexity index is 420. The zero-order chi connectivity index (χ0) is 18.7. The van der Waals surface area contributed by atoms with E-state index in [1.165, 1.54) is 19.4 Å². The fraction of sp³-hybridized carbons (Fsp3) is 0.895. The molecular formula is C19H40IN5O. The van der Waals surface area contributed by atoms with Gasteiger partial charge in [0.05, 0.1) is 12.0 Å². The second kappa shape index (κ2) is 13.6. The van der Waals surface area contributed by atoms with Gasteiger partial charge in [0.15, 0.2) is 5.96 Å². The van der Waals surface area contributed by atoms with E-state index in [2.05, 4.69) is 39.7 Å². The average molecular weight is 481 g/mol. The summed E-state index contributed by atoms with van der Waals surface area (Å²) in [6.45, 7) is 15.6. The van der Waals surface area contributed by atoms with Gasteiger partial charge >= 0.3 is 0 Å². The third-order valence-corrected chi connectivity index (χ3v) is 4.69. The maximum atomic E-state index is 12.1. The number of piperidine rings is 1. The lowest BCUT2D eigenvalue weighted by Gasteiger charge is -2.33. The molecule has 1 amide bonds. The Morgan fingerprint density at radius 2 is 1.73 bits per heavy atom. The van der Waals surface area contributed by atoms with Gasteiger partial charge in [0, 0.05) is 32.2 Å². The van der Waals surface area contributed by atoms with Crippen LogP contribution in [-0.4, -0.2) is 62.1 Å². The van der Waals surface area contributed by atoms with Crippen LogP contribution in [0.25, 0.3) is 0 Å². The van der Waals surface area contributed by atoms with E-state index >= 15 is 0 Å². The third-order valence-electron chi connectivity index (χ3n) is 4.69. The molecule has 0 aromatic rings. The van der Waals surface area contributed by atoms with Crippen molar-refractivity contribution < 1.29 is 4.79 Å². The first kappa shape index (κ1) is 25.4. The molecule has 0 radical (unpaired) electrons. The van der Waals surface area contributed by atoms with Gasteiger partial charge in [0.1, 0.15) is 0 Å². The van der Waals surface area contributed by atoms with Crippen LogP contribution in [-0.2, 0) is 4.79 Å². The Morgan fingerprint density at radius 1 is 1.12 bits per heavy atom. The van der Waals surface area contributed by atoms with Gasteiger partial charge in [-0.25, -0.2) is 0 Å². The van der Waals surface area contributed by atoms with Gasteiger partial charge in [-0.05, 0) is 53.5 Å². The number of rotatable bonds is 9. The van der Waals surface area contributed by atoms with Crippen molar-refractivity contribution in [1.29, 1.82) is 0 Å². The Kier molecular flexibility index (Phi) is 13.3. The largest absolute Gasteiger partial charge is 0.357 e. The Balaban J connectivity index is 0.00000625. The molecule has 0 aromatic heterocycles. The maximum absolute atomic E-state index is 12.1. The second-order valence-corrected chi connectivity index (χ2v) is 7.55. The number of guanidine groups is 1. The lowest BCUT2D eigenvalue weighted by molar-refractivity contribution is -0.128. The first-order valence-electron chi connectivity index (χ1n) is 9.98. The van der Waals surface area contributed by atoms with Crippen LogP contribution in [0, 0.1) is 5.41 Å². The number of carbonyl (C=O) groups is 1. The summed E-state index contributed by atoms with van der Waals surface area (Å²) in [5, 5.41) is 9.76. The molecule has 0 spiro atoms. The molecule has 0 aromatic carbocycles. The van der Waals surface area contributed by atoms with Crippen molar-refractivity contribution in [2.45, 2.75) is 66.3 Å². The van der Waals surface area contributed by atoms with E-state index in [1.807, 2.05) is 20.8 Å². The van der Waals surface area contributed by atoms with E-state index in [4.69, 9.17) is 0 Å². The zero-order valence-electron chi connectivity index (χ0n) is 17.4. The smallest absolute Gasteiger partial charge is 0.227 e. The van der Waals surface area contributed by atoms with E-state index < -0.39 is 5.41 Å². The molecule has 0 unspecified atom stereocenters. The summed E-state index contributed by atoms with van der Waals surface area (Å²) >= 11 is 0. The highest BCUT2D eigenvalue weighted by Gasteiger charge is 2.27. The van der Waals surface area contributed by atoms with Gasteiger partial charge in [-0.3, -0.25) is 9.79 Å². The second-order valence-electron chi connectivity index (χ2n) is 7.55. The van der Waals surface area contributed by atoms with Gasteiger partial charge in [0.2, 0.25) is 5.91 Å². The van der Waals surface area contributed by atoms with Crippen molar-refractivity contribution in [2.75, 3.05) is 39.3 Å². The van der Waals surface area contributed by atoms with Crippen LogP contribution in [0.15, 0.2) is 4.99 Å². The molecule has 1 rings (SSSR count). The maximum Gasteiger partial charge on any atom is 0.227 e. The number of likely N-dealkylation sites (tertiary alicyclic amines) is 1. The lowest BCUT2D eigenvalue weighted by atomic mass is 9.92. The van der Waals surface area contributed by atoms with Crippen molar-refractivity contribution >= 4 is 35.8 Å². The molecule has 1 heterocycles. The molecule has 7 heteroatoms. The number of halogens is 1. The molecule has 0 atom stereocenters. The van der Waals surface area contributed by atoms with Gasteiger partial charge in [-0.2, -0.15) is 0 Å². The number of hydrogen-bond acceptors (Lipinski definition) is 3. The summed E-state index contributed by atoms with van der Waals surface area (Å²) in [6.07, 6.45) is 4.84. The summed E-state index contributed by atoms with van der Waals surface area (Å²) in [5.74, 6) is 0.880. The molecule has 0 aliphatic carbocycles. The fourth-order valence-corrected chi connectivity index (χ4v) is 2.94. The molecule has 154 valence electrons. The highest BCUT2D eigenvalue weighted by Crippen LogP contribution is 2.16. The van der Waals surface area contributed by atoms with Crippen LogP contribution in [0.4, 0.5) is 0 Å². The van der Waals surface area contributed by atoms with Crippen LogP contribution < -0.4 is 16.0 Å². The van der Waals surface area contributed by atoms with Gasteiger partial charge in [-0.15, -0.1) is 24.0 Å². The third kappa shape index (κ3) is 9.39. The summed E-state index contributed by atoms with van der Waals surface area (Å²) < 4.78 is 0. The number of carbonyl (C=O) groups excluding carboxylic acids is 1. The van der Waals surface area contributed by atoms with Crippen LogP contribution in [0.1, 0.15) is 60.3 Å². The van der Waals surface area contributed by atoms with Crippen molar-refractivity contribution in [3.05, 3.63) is 0 Å². The van der Waals surface area contributed by atoms with Crippen molar-refractivity contribution in [3.8, 4) is 0 Å². The van der Waals surface area contributed by atoms with E-state index in [1.54, 1.807) is 0 Å². The molecule has 6 nitrogen and oxygen atoms in total. The summed E-state index contributed by atoms with van der Waals surface area (Å²) in [7, 11) is 0. The van der Waals surface area contributed by atoms with Crippen LogP contribution in [0.5, 0.6) is 0 Å². The number of hydrogen-bond donors (Lipinski definition) is 3. The normalized spacial score (nSPS) is 16.7. The predicted octanol–water partition coefficient (Wildman–Crippen LogP) is 2.59. The number of nitrogens with one attached hydrogen (secondary N) is 3. The van der Waals surface area contributed by atoms with E-state index in [0.29, 0.717) is 19.1 Å². The molecule has 0 bridgehead atoms. The highest BCUT2D eigenvalue weighted by atomic mass is 127. The first-order chi connectivity index (χ1) is 11.9. The summed E-state index contributed by atoms with van der Waals surface area (Å²) in [5.41, 5.74) is -0.498. The quantitative estimate of drug-likeness (QED) is 0.269. The zero-order valence-corrected chi connectivity index (χ0v) is 19.7. The first-order valence-corrected chi connectivity index (χ1v) is 9.98. The standard InChI is InChI=1S/C19H39N5O.HI/c1-6-9-12-24-13-10-16(11-14-24)23-18(21-8-3)22-15-19(4,5)17(25)20-7-2;/h16H,6-15H2,1-5H3,(H,20,25)(H2,21,22,23);1H. The van der Waals surface area contributed by atoms with E-state index in [-0.39, 0.29) is 29.9 Å². The van der Waals surface area contributed by atoms with Crippen molar-refractivity contribution in [2.24, 2.45) is 10.4 Å². The molecule has 1 aliphatic rings. The van der Waals surface area contributed by atoms with Gasteiger partial charge in [-0.1, -0.05) is 13.3 Å². The lowest BCUT2D eigenvalue weighted by Crippen LogP contribution is -2.49. The summed E-state index contributed by atoms with van der Waals surface area (Å²) in [6, 6.07) is 0.461. The van der Waals surface area contributed by atoms with Gasteiger partial charge in [0.25, 0.3) is 0 Å². The molecule has 1 aliphatic heterocycles. The highest BCUT2D eigenvalue weighted by molar-refractivity contribution is 14.0. The van der Waals surface area contributed by atoms with Crippen molar-refractivity contribution in [1.82, 2.24) is 20.9 Å². The molecular weight excluding hydrogens is 441 g/mol. The minimum absolute atomic E-state index is 0. The Morgan fingerprint density at radius 3 is 2.27 bits per heavy atom. The number of unbranched alkanes of at least 4 members (excludes halogenated alkanes) is 1. The van der Waals surface area contributed by atoms with Crippen molar-refractivity contribution in [3.63, 3.8) is 0 Å². The fourth-order valence-electron chi connectivity index (χ4n) is 2.94. The molecule has 3 N–H and O–H groups in total. The van der Waals surface area contributed by atoms with Crippen LogP contribution >= 0.6 is 24.0 Å². The number of amides is 1. The predicted molar refractivity (Wildman–Crippen MR) is 121 cm³/mol. The van der Waals surface area contributed by atoms with E-state index in [0.717, 1.165) is 38.4 Å². The minimum atomic E-state index is -0.498. The molecule has 1 fully saturated rings. The average Bonchev–Trinajstić information content (AvgIpc) is 2.59. The number of nitrogens with zero attached hydrogens (tertiary/aromatic N) is 2. The molecule has 26 heavy (non-hydrogen) atoms. The topological polar surface area (TPSA) is 68.8 Å².